The lowest BCUT2D eigenvalue weighted by atomic mass is 9.41. The molecule has 0 saturated heterocycles. The first kappa shape index (κ1) is 31.1. The minimum absolute atomic E-state index is 0.00667. The van der Waals surface area contributed by atoms with Crippen LogP contribution in [0.25, 0.3) is 11.1 Å². The third kappa shape index (κ3) is 5.80. The van der Waals surface area contributed by atoms with Crippen LogP contribution in [0.4, 0.5) is 28.9 Å². The fourth-order valence-corrected chi connectivity index (χ4v) is 9.25. The van der Waals surface area contributed by atoms with E-state index in [4.69, 9.17) is 0 Å². The summed E-state index contributed by atoms with van der Waals surface area (Å²) in [6.07, 6.45) is 4.19. The van der Waals surface area contributed by atoms with Crippen LogP contribution in [-0.4, -0.2) is 37.8 Å². The molecule has 0 atom stereocenters. The SMILES string of the molecule is CS(=O)(=O)Nc1ccc(-c2cccc(N(CC34CCC(c5ccc(C(F)(F)F)cn5)(CC3)CC4)C(=O)CC34CC(F)(C3)C4)c2)cc1. The predicted molar refractivity (Wildman–Crippen MR) is 168 cm³/mol. The highest BCUT2D eigenvalue weighted by Crippen LogP contribution is 2.71. The van der Waals surface area contributed by atoms with E-state index < -0.39 is 27.4 Å². The molecule has 1 N–H and O–H groups in total. The zero-order chi connectivity index (χ0) is 32.6. The van der Waals surface area contributed by atoms with E-state index in [2.05, 4.69) is 9.71 Å². The fourth-order valence-electron chi connectivity index (χ4n) is 8.68. The van der Waals surface area contributed by atoms with Crippen LogP contribution in [0.5, 0.6) is 0 Å². The maximum Gasteiger partial charge on any atom is 0.417 e. The first-order chi connectivity index (χ1) is 21.6. The van der Waals surface area contributed by atoms with Crippen LogP contribution in [0.3, 0.4) is 0 Å². The standard InChI is InChI=1S/C35H37F4N3O3S/c1-46(44,45)41-27-8-5-24(6-9-27)25-3-2-4-28(17-25)42(30(43)18-32-20-34(36,21-32)22-32)23-31-11-14-33(15-12-31,16-13-31)29-10-7-26(19-40-29)35(37,38)39/h2-10,17,19,41H,11-16,18,20-23H2,1H3. The second-order valence-electron chi connectivity index (χ2n) is 14.5. The number of nitrogens with one attached hydrogen (secondary N) is 1. The summed E-state index contributed by atoms with van der Waals surface area (Å²) in [7, 11) is -3.40. The molecular weight excluding hydrogens is 618 g/mol. The Balaban J connectivity index is 1.12. The van der Waals surface area contributed by atoms with Crippen LogP contribution in [0, 0.1) is 10.8 Å². The number of carbonyl (C=O) groups excluding carboxylic acids is 1. The number of rotatable bonds is 9. The molecule has 0 aliphatic heterocycles. The third-order valence-electron chi connectivity index (χ3n) is 11.1. The molecule has 244 valence electrons. The van der Waals surface area contributed by atoms with Crippen molar-refractivity contribution in [3.05, 3.63) is 78.1 Å². The van der Waals surface area contributed by atoms with Gasteiger partial charge in [-0.05, 0) is 116 Å². The Morgan fingerprint density at radius 2 is 1.54 bits per heavy atom. The molecule has 3 aromatic rings. The molecule has 2 aromatic carbocycles. The number of pyridine rings is 1. The lowest BCUT2D eigenvalue weighted by Gasteiger charge is -2.66. The van der Waals surface area contributed by atoms with Crippen molar-refractivity contribution in [3.8, 4) is 11.1 Å². The van der Waals surface area contributed by atoms with Crippen molar-refractivity contribution in [2.75, 3.05) is 22.4 Å². The summed E-state index contributed by atoms with van der Waals surface area (Å²) in [5.41, 5.74) is 1.24. The highest BCUT2D eigenvalue weighted by atomic mass is 32.2. The maximum atomic E-state index is 14.4. The van der Waals surface area contributed by atoms with Crippen molar-refractivity contribution in [1.29, 1.82) is 0 Å². The topological polar surface area (TPSA) is 79.4 Å². The van der Waals surface area contributed by atoms with E-state index in [1.54, 1.807) is 12.1 Å². The molecule has 1 aromatic heterocycles. The molecule has 0 spiro atoms. The van der Waals surface area contributed by atoms with Crippen molar-refractivity contribution < 1.29 is 30.8 Å². The number of alkyl halides is 4. The van der Waals surface area contributed by atoms with Crippen molar-refractivity contribution >= 4 is 27.3 Å². The Morgan fingerprint density at radius 3 is 2.09 bits per heavy atom. The van der Waals surface area contributed by atoms with Gasteiger partial charge in [-0.25, -0.2) is 12.8 Å². The first-order valence-corrected chi connectivity index (χ1v) is 17.7. The number of fused-ring (bicyclic) bond motifs is 3. The van der Waals surface area contributed by atoms with E-state index >= 15 is 0 Å². The zero-order valence-corrected chi connectivity index (χ0v) is 26.5. The molecule has 6 aliphatic rings. The normalized spacial score (nSPS) is 29.8. The van der Waals surface area contributed by atoms with Crippen molar-refractivity contribution in [3.63, 3.8) is 0 Å². The van der Waals surface area contributed by atoms with Crippen molar-refractivity contribution in [2.45, 2.75) is 81.5 Å². The van der Waals surface area contributed by atoms with Crippen LogP contribution in [0.2, 0.25) is 0 Å². The second-order valence-corrected chi connectivity index (χ2v) is 16.3. The number of hydrogen-bond donors (Lipinski definition) is 1. The molecular formula is C35H37F4N3O3S. The van der Waals surface area contributed by atoms with Gasteiger partial charge in [0.15, 0.2) is 0 Å². The van der Waals surface area contributed by atoms with E-state index in [0.29, 0.717) is 37.9 Å². The molecule has 46 heavy (non-hydrogen) atoms. The predicted octanol–water partition coefficient (Wildman–Crippen LogP) is 8.05. The first-order valence-electron chi connectivity index (χ1n) is 15.8. The summed E-state index contributed by atoms with van der Waals surface area (Å²) in [4.78, 5) is 20.3. The number of aromatic nitrogens is 1. The molecule has 4 bridgehead atoms. The van der Waals surface area contributed by atoms with Gasteiger partial charge in [-0.1, -0.05) is 24.3 Å². The quantitative estimate of drug-likeness (QED) is 0.237. The van der Waals surface area contributed by atoms with Gasteiger partial charge < -0.3 is 4.90 Å². The molecule has 9 rings (SSSR count). The number of nitrogens with zero attached hydrogens (tertiary/aromatic N) is 2. The lowest BCUT2D eigenvalue weighted by Crippen LogP contribution is -2.65. The highest BCUT2D eigenvalue weighted by molar-refractivity contribution is 7.92. The zero-order valence-electron chi connectivity index (χ0n) is 25.7. The van der Waals surface area contributed by atoms with E-state index in [-0.39, 0.29) is 22.2 Å². The minimum Gasteiger partial charge on any atom is -0.312 e. The van der Waals surface area contributed by atoms with Gasteiger partial charge in [0.1, 0.15) is 5.67 Å². The lowest BCUT2D eigenvalue weighted by molar-refractivity contribution is -0.215. The van der Waals surface area contributed by atoms with Gasteiger partial charge in [-0.2, -0.15) is 13.2 Å². The van der Waals surface area contributed by atoms with Gasteiger partial charge in [0, 0.05) is 41.6 Å². The Hall–Kier alpha value is -3.47. The molecule has 0 radical (unpaired) electrons. The van der Waals surface area contributed by atoms with E-state index in [9.17, 15) is 30.8 Å². The Kier molecular flexibility index (Phi) is 7.12. The molecule has 6 saturated carbocycles. The van der Waals surface area contributed by atoms with Crippen LogP contribution >= 0.6 is 0 Å². The number of benzene rings is 2. The van der Waals surface area contributed by atoms with E-state index in [1.807, 2.05) is 41.3 Å². The van der Waals surface area contributed by atoms with Crippen LogP contribution in [-0.2, 0) is 26.4 Å². The largest absolute Gasteiger partial charge is 0.417 e. The molecule has 1 heterocycles. The summed E-state index contributed by atoms with van der Waals surface area (Å²) < 4.78 is 79.6. The molecule has 6 aliphatic carbocycles. The van der Waals surface area contributed by atoms with Gasteiger partial charge in [0.25, 0.3) is 0 Å². The molecule has 0 unspecified atom stereocenters. The van der Waals surface area contributed by atoms with Gasteiger partial charge >= 0.3 is 6.18 Å². The summed E-state index contributed by atoms with van der Waals surface area (Å²) in [5.74, 6) is -0.00667. The Bertz CT molecular complexity index is 1730. The Labute approximate surface area is 266 Å². The number of sulfonamides is 1. The third-order valence-corrected chi connectivity index (χ3v) is 11.7. The minimum atomic E-state index is -4.42. The smallest absolute Gasteiger partial charge is 0.312 e. The van der Waals surface area contributed by atoms with Crippen molar-refractivity contribution in [1.82, 2.24) is 4.98 Å². The van der Waals surface area contributed by atoms with E-state index in [1.165, 1.54) is 6.07 Å². The summed E-state index contributed by atoms with van der Waals surface area (Å²) in [6, 6.07) is 17.5. The average molecular weight is 656 g/mol. The van der Waals surface area contributed by atoms with Crippen molar-refractivity contribution in [2.24, 2.45) is 10.8 Å². The van der Waals surface area contributed by atoms with Gasteiger partial charge in [-0.3, -0.25) is 14.5 Å². The van der Waals surface area contributed by atoms with Crippen LogP contribution in [0.15, 0.2) is 66.9 Å². The number of carbonyl (C=O) groups is 1. The molecule has 6 fully saturated rings. The number of halogens is 4. The summed E-state index contributed by atoms with van der Waals surface area (Å²) in [5, 5.41) is 0. The molecule has 11 heteroatoms. The fraction of sp³-hybridized carbons (Fsp3) is 0.486. The van der Waals surface area contributed by atoms with E-state index in [0.717, 1.165) is 79.6 Å². The second kappa shape index (κ2) is 10.5. The molecule has 1 amide bonds. The number of amides is 1. The van der Waals surface area contributed by atoms with Gasteiger partial charge in [-0.15, -0.1) is 0 Å². The monoisotopic (exact) mass is 655 g/mol. The van der Waals surface area contributed by atoms with Gasteiger partial charge in [0.05, 0.1) is 11.8 Å². The Morgan fingerprint density at radius 1 is 0.891 bits per heavy atom. The number of anilines is 2. The van der Waals surface area contributed by atoms with Gasteiger partial charge in [0.2, 0.25) is 15.9 Å². The highest BCUT2D eigenvalue weighted by Gasteiger charge is 2.69. The average Bonchev–Trinajstić information content (AvgIpc) is 2.99. The summed E-state index contributed by atoms with van der Waals surface area (Å²) in [6.45, 7) is 0.528. The summed E-state index contributed by atoms with van der Waals surface area (Å²) >= 11 is 0. The van der Waals surface area contributed by atoms with Crippen LogP contribution < -0.4 is 9.62 Å². The molecule has 6 nitrogen and oxygen atoms in total. The van der Waals surface area contributed by atoms with Crippen LogP contribution in [0.1, 0.15) is 75.5 Å². The number of hydrogen-bond acceptors (Lipinski definition) is 4. The maximum absolute atomic E-state index is 14.4.